The van der Waals surface area contributed by atoms with Crippen LogP contribution in [0.5, 0.6) is 0 Å². The maximum absolute atomic E-state index is 13.9. The lowest BCUT2D eigenvalue weighted by molar-refractivity contribution is -0.232. The Morgan fingerprint density at radius 1 is 1.13 bits per heavy atom. The van der Waals surface area contributed by atoms with Crippen molar-refractivity contribution in [2.45, 2.75) is 110 Å². The average molecular weight is 662 g/mol. The Morgan fingerprint density at radius 2 is 1.80 bits per heavy atom. The van der Waals surface area contributed by atoms with Gasteiger partial charge >= 0.3 is 11.9 Å². The molecule has 1 aromatic rings. The van der Waals surface area contributed by atoms with Gasteiger partial charge in [0.05, 0.1) is 18.6 Å². The third-order valence-electron chi connectivity index (χ3n) is 10.6. The van der Waals surface area contributed by atoms with Crippen LogP contribution in [0.1, 0.15) is 102 Å². The first kappa shape index (κ1) is 35.8. The Labute approximate surface area is 276 Å². The van der Waals surface area contributed by atoms with Crippen LogP contribution in [-0.4, -0.2) is 95.9 Å². The zero-order chi connectivity index (χ0) is 34.1. The number of rotatable bonds is 13. The largest absolute Gasteiger partial charge is 0.469 e. The topological polar surface area (TPSA) is 147 Å². The molecule has 5 rings (SSSR count). The van der Waals surface area contributed by atoms with Gasteiger partial charge in [-0.15, -0.1) is 11.3 Å². The first-order valence-electron chi connectivity index (χ1n) is 16.4. The Morgan fingerprint density at radius 3 is 2.35 bits per heavy atom. The number of amides is 3. The summed E-state index contributed by atoms with van der Waals surface area (Å²) in [7, 11) is 5.04. The molecular weight excluding hydrogens is 610 g/mol. The lowest BCUT2D eigenvalue weighted by atomic mass is 9.33. The Balaban J connectivity index is 1.46. The lowest BCUT2D eigenvalue weighted by Crippen LogP contribution is -2.83. The minimum Gasteiger partial charge on any atom is -0.469 e. The maximum atomic E-state index is 13.9. The number of ether oxygens (including phenoxy) is 2. The molecule has 2 bridgehead atoms. The van der Waals surface area contributed by atoms with Gasteiger partial charge in [-0.2, -0.15) is 0 Å². The number of nitrogens with one attached hydrogen (secondary N) is 2. The van der Waals surface area contributed by atoms with Gasteiger partial charge in [-0.25, -0.2) is 4.98 Å². The molecule has 3 saturated carbocycles. The number of likely N-dealkylation sites (N-methyl/N-ethyl adjacent to an activating group) is 2. The minimum atomic E-state index is -0.786. The number of aromatic nitrogens is 1. The van der Waals surface area contributed by atoms with Crippen molar-refractivity contribution in [3.05, 3.63) is 16.1 Å². The number of carbonyl (C=O) groups is 5. The third-order valence-corrected chi connectivity index (χ3v) is 11.5. The number of nitrogens with zero attached hydrogens (tertiary/aromatic N) is 3. The molecule has 3 amide bonds. The number of esters is 2. The van der Waals surface area contributed by atoms with E-state index in [0.717, 1.165) is 25.8 Å². The van der Waals surface area contributed by atoms with E-state index in [2.05, 4.69) is 15.6 Å². The van der Waals surface area contributed by atoms with Crippen LogP contribution in [0, 0.1) is 23.2 Å². The van der Waals surface area contributed by atoms with Gasteiger partial charge in [0.15, 0.2) is 6.10 Å². The number of carbonyl (C=O) groups excluding carboxylic acids is 5. The van der Waals surface area contributed by atoms with Crippen LogP contribution in [0.3, 0.4) is 0 Å². The molecule has 46 heavy (non-hydrogen) atoms. The number of piperidine rings is 1. The second-order valence-corrected chi connectivity index (χ2v) is 15.1. The summed E-state index contributed by atoms with van der Waals surface area (Å²) in [6.45, 7) is 11.9. The van der Waals surface area contributed by atoms with Gasteiger partial charge in [-0.3, -0.25) is 28.9 Å². The van der Waals surface area contributed by atoms with E-state index in [1.165, 1.54) is 25.4 Å². The Kier molecular flexibility index (Phi) is 10.9. The summed E-state index contributed by atoms with van der Waals surface area (Å²) in [5.74, 6) is -1.62. The monoisotopic (exact) mass is 661 g/mol. The zero-order valence-corrected chi connectivity index (χ0v) is 29.5. The molecule has 2 heterocycles. The van der Waals surface area contributed by atoms with E-state index in [9.17, 15) is 24.0 Å². The quantitative estimate of drug-likeness (QED) is 0.304. The van der Waals surface area contributed by atoms with Gasteiger partial charge in [-0.1, -0.05) is 41.0 Å². The highest BCUT2D eigenvalue weighted by molar-refractivity contribution is 7.09. The predicted octanol–water partition coefficient (Wildman–Crippen LogP) is 3.32. The number of likely N-dealkylation sites (tertiary alicyclic amines) is 1. The van der Waals surface area contributed by atoms with Gasteiger partial charge < -0.3 is 25.0 Å². The van der Waals surface area contributed by atoms with Crippen LogP contribution in [0.2, 0.25) is 0 Å². The van der Waals surface area contributed by atoms with Crippen LogP contribution >= 0.6 is 11.3 Å². The molecule has 1 saturated heterocycles. The van der Waals surface area contributed by atoms with Crippen LogP contribution in [0.4, 0.5) is 0 Å². The molecule has 2 N–H and O–H groups in total. The number of hydrogen-bond donors (Lipinski definition) is 2. The molecular formula is C33H51N5O7S. The summed E-state index contributed by atoms with van der Waals surface area (Å²) in [5, 5.41) is 8.20. The van der Waals surface area contributed by atoms with Gasteiger partial charge in [-0.05, 0) is 57.0 Å². The smallest absolute Gasteiger partial charge is 0.312 e. The highest BCUT2D eigenvalue weighted by Gasteiger charge is 2.78. The Hall–Kier alpha value is -3.06. The lowest BCUT2D eigenvalue weighted by Gasteiger charge is -2.73. The highest BCUT2D eigenvalue weighted by Crippen LogP contribution is 2.71. The maximum Gasteiger partial charge on any atom is 0.312 e. The SMILES string of the molecule is COC(=O)C12CC(NC(=O)c3csc([C@@H](C[C@H](C(C)C)N(C)C(=O)[C@@H](NC(=O)C4CCCCN4C)C(C)C)OC(C)=O)n3)(C1)[C@H]2C. The highest BCUT2D eigenvalue weighted by atomic mass is 32.1. The van der Waals surface area contributed by atoms with Crippen LogP contribution < -0.4 is 10.6 Å². The van der Waals surface area contributed by atoms with Crippen molar-refractivity contribution in [3.63, 3.8) is 0 Å². The molecule has 5 atom stereocenters. The van der Waals surface area contributed by atoms with Gasteiger partial charge in [0, 0.05) is 37.4 Å². The van der Waals surface area contributed by atoms with E-state index in [1.807, 2.05) is 46.6 Å². The summed E-state index contributed by atoms with van der Waals surface area (Å²) in [4.78, 5) is 73.1. The molecule has 1 aromatic heterocycles. The summed E-state index contributed by atoms with van der Waals surface area (Å²) < 4.78 is 10.7. The molecule has 12 nitrogen and oxygen atoms in total. The molecule has 0 aromatic carbocycles. The van der Waals surface area contributed by atoms with Crippen molar-refractivity contribution in [1.82, 2.24) is 25.4 Å². The van der Waals surface area contributed by atoms with Crippen molar-refractivity contribution in [1.29, 1.82) is 0 Å². The molecule has 0 spiro atoms. The van der Waals surface area contributed by atoms with E-state index in [4.69, 9.17) is 9.47 Å². The third kappa shape index (κ3) is 6.81. The molecule has 13 heteroatoms. The first-order chi connectivity index (χ1) is 21.6. The molecule has 256 valence electrons. The molecule has 4 fully saturated rings. The number of methoxy groups -OCH3 is 1. The van der Waals surface area contributed by atoms with Crippen molar-refractivity contribution in [2.75, 3.05) is 27.7 Å². The molecule has 1 aliphatic heterocycles. The number of thiazole rings is 1. The normalized spacial score (nSPS) is 27.5. The summed E-state index contributed by atoms with van der Waals surface area (Å²) in [6, 6.07) is -1.33. The summed E-state index contributed by atoms with van der Waals surface area (Å²) in [5.41, 5.74) is -0.763. The van der Waals surface area contributed by atoms with E-state index in [0.29, 0.717) is 17.8 Å². The van der Waals surface area contributed by atoms with Crippen molar-refractivity contribution < 1.29 is 33.4 Å². The first-order valence-corrected chi connectivity index (χ1v) is 17.3. The van der Waals surface area contributed by atoms with Crippen molar-refractivity contribution >= 4 is 41.0 Å². The second-order valence-electron chi connectivity index (χ2n) is 14.2. The van der Waals surface area contributed by atoms with E-state index in [1.54, 1.807) is 17.3 Å². The molecule has 4 aliphatic rings. The van der Waals surface area contributed by atoms with Gasteiger partial charge in [0.1, 0.15) is 16.7 Å². The number of hydrogen-bond acceptors (Lipinski definition) is 10. The molecule has 0 radical (unpaired) electrons. The van der Waals surface area contributed by atoms with E-state index in [-0.39, 0.29) is 65.6 Å². The summed E-state index contributed by atoms with van der Waals surface area (Å²) in [6.07, 6.45) is 3.35. The van der Waals surface area contributed by atoms with Crippen LogP contribution in [-0.2, 0) is 28.7 Å². The van der Waals surface area contributed by atoms with E-state index < -0.39 is 29.1 Å². The zero-order valence-electron chi connectivity index (χ0n) is 28.7. The minimum absolute atomic E-state index is 0.0179. The van der Waals surface area contributed by atoms with Crippen molar-refractivity contribution in [3.8, 4) is 0 Å². The van der Waals surface area contributed by atoms with Gasteiger partial charge in [0.2, 0.25) is 11.8 Å². The standard InChI is InChI=1S/C33H51N5O7S/c1-18(2)24(38(8)30(42)26(19(3)4)35-28(41)23-12-10-11-13-37(23)7)14-25(45-21(6)39)29-34-22(15-46-29)27(40)36-33-16-32(17-33,20(33)5)31(43)44-9/h15,18-20,23-26H,10-14,16-17H2,1-9H3,(H,35,41)(H,36,40)/t20-,23?,24+,25+,26-,32?,33?/m0/s1. The fourth-order valence-corrected chi connectivity index (χ4v) is 8.39. The average Bonchev–Trinajstić information content (AvgIpc) is 3.48. The molecule has 1 unspecified atom stereocenters. The fraction of sp³-hybridized carbons (Fsp3) is 0.758. The van der Waals surface area contributed by atoms with Crippen LogP contribution in [0.25, 0.3) is 0 Å². The van der Waals surface area contributed by atoms with E-state index >= 15 is 0 Å². The summed E-state index contributed by atoms with van der Waals surface area (Å²) >= 11 is 1.22. The fourth-order valence-electron chi connectivity index (χ4n) is 7.55. The predicted molar refractivity (Wildman–Crippen MR) is 173 cm³/mol. The second kappa shape index (κ2) is 14.0. The van der Waals surface area contributed by atoms with Gasteiger partial charge in [0.25, 0.3) is 5.91 Å². The Bertz CT molecular complexity index is 1320. The molecule has 3 aliphatic carbocycles. The van der Waals surface area contributed by atoms with Crippen LogP contribution in [0.15, 0.2) is 5.38 Å². The van der Waals surface area contributed by atoms with Crippen molar-refractivity contribution in [2.24, 2.45) is 23.2 Å².